The zero-order chi connectivity index (χ0) is 17.7. The van der Waals surface area contributed by atoms with Crippen LogP contribution in [0.15, 0.2) is 18.2 Å². The summed E-state index contributed by atoms with van der Waals surface area (Å²) in [6.45, 7) is 2.15. The first kappa shape index (κ1) is 18.3. The summed E-state index contributed by atoms with van der Waals surface area (Å²) in [5.74, 6) is -2.02. The number of amides is 2. The Hall–Kier alpha value is -2.02. The van der Waals surface area contributed by atoms with Crippen molar-refractivity contribution in [2.75, 3.05) is 40.3 Å². The van der Waals surface area contributed by atoms with Crippen LogP contribution in [0.2, 0.25) is 0 Å². The Morgan fingerprint density at radius 3 is 2.50 bits per heavy atom. The highest BCUT2D eigenvalue weighted by atomic mass is 19.1. The molecule has 2 amide bonds. The van der Waals surface area contributed by atoms with E-state index in [1.54, 1.807) is 4.90 Å². The number of hydrogen-bond donors (Lipinski definition) is 1. The highest BCUT2D eigenvalue weighted by Crippen LogP contribution is 2.17. The zero-order valence-electron chi connectivity index (χ0n) is 14.0. The van der Waals surface area contributed by atoms with E-state index in [1.165, 1.54) is 0 Å². The number of piperidine rings is 1. The van der Waals surface area contributed by atoms with Gasteiger partial charge in [-0.25, -0.2) is 8.78 Å². The van der Waals surface area contributed by atoms with Crippen molar-refractivity contribution in [3.05, 3.63) is 35.4 Å². The number of benzene rings is 1. The predicted octanol–water partition coefficient (Wildman–Crippen LogP) is 1.49. The van der Waals surface area contributed by atoms with Gasteiger partial charge in [-0.15, -0.1) is 0 Å². The number of rotatable bonds is 5. The van der Waals surface area contributed by atoms with Gasteiger partial charge in [-0.1, -0.05) is 0 Å². The van der Waals surface area contributed by atoms with Gasteiger partial charge in [0.05, 0.1) is 12.1 Å². The molecular weight excluding hydrogens is 316 g/mol. The molecule has 0 unspecified atom stereocenters. The molecule has 0 spiro atoms. The Balaban J connectivity index is 1.80. The summed E-state index contributed by atoms with van der Waals surface area (Å²) in [5, 5.41) is 2.40. The summed E-state index contributed by atoms with van der Waals surface area (Å²) >= 11 is 0. The van der Waals surface area contributed by atoms with Crippen molar-refractivity contribution in [2.24, 2.45) is 5.92 Å². The van der Waals surface area contributed by atoms with Crippen molar-refractivity contribution in [1.82, 2.24) is 15.1 Å². The van der Waals surface area contributed by atoms with Crippen molar-refractivity contribution in [2.45, 2.75) is 12.8 Å². The summed E-state index contributed by atoms with van der Waals surface area (Å²) in [5.41, 5.74) is -0.270. The van der Waals surface area contributed by atoms with Gasteiger partial charge in [0.2, 0.25) is 5.91 Å². The van der Waals surface area contributed by atoms with Crippen molar-refractivity contribution >= 4 is 11.8 Å². The second-order valence-electron chi connectivity index (χ2n) is 6.39. The SMILES string of the molecule is CN(C)CC1CCN(C(=O)CNC(=O)c2ccc(F)cc2F)CC1. The lowest BCUT2D eigenvalue weighted by atomic mass is 9.96. The fourth-order valence-electron chi connectivity index (χ4n) is 2.92. The van der Waals surface area contributed by atoms with Gasteiger partial charge in [0.15, 0.2) is 0 Å². The van der Waals surface area contributed by atoms with Crippen LogP contribution in [0.3, 0.4) is 0 Å². The van der Waals surface area contributed by atoms with Crippen LogP contribution in [0, 0.1) is 17.6 Å². The Kier molecular flexibility index (Phi) is 6.25. The maximum absolute atomic E-state index is 13.5. The second-order valence-corrected chi connectivity index (χ2v) is 6.39. The van der Waals surface area contributed by atoms with E-state index < -0.39 is 17.5 Å². The van der Waals surface area contributed by atoms with Gasteiger partial charge in [-0.3, -0.25) is 9.59 Å². The maximum Gasteiger partial charge on any atom is 0.254 e. The second kappa shape index (κ2) is 8.19. The van der Waals surface area contributed by atoms with Crippen molar-refractivity contribution < 1.29 is 18.4 Å². The fraction of sp³-hybridized carbons (Fsp3) is 0.529. The first-order valence-electron chi connectivity index (χ1n) is 8.02. The summed E-state index contributed by atoms with van der Waals surface area (Å²) in [7, 11) is 4.06. The molecule has 0 radical (unpaired) electrons. The van der Waals surface area contributed by atoms with Gasteiger partial charge >= 0.3 is 0 Å². The largest absolute Gasteiger partial charge is 0.343 e. The highest BCUT2D eigenvalue weighted by Gasteiger charge is 2.23. The summed E-state index contributed by atoms with van der Waals surface area (Å²) in [6.07, 6.45) is 1.87. The standard InChI is InChI=1S/C17H23F2N3O2/c1-21(2)11-12-5-7-22(8-6-12)16(23)10-20-17(24)14-4-3-13(18)9-15(14)19/h3-4,9,12H,5-8,10-11H2,1-2H3,(H,20,24). The van der Waals surface area contributed by atoms with Crippen LogP contribution >= 0.6 is 0 Å². The van der Waals surface area contributed by atoms with Gasteiger partial charge in [-0.05, 0) is 45.0 Å². The molecule has 0 aliphatic carbocycles. The van der Waals surface area contributed by atoms with Crippen LogP contribution < -0.4 is 5.32 Å². The molecule has 1 aliphatic heterocycles. The lowest BCUT2D eigenvalue weighted by Gasteiger charge is -2.33. The molecule has 0 bridgehead atoms. The van der Waals surface area contributed by atoms with Crippen LogP contribution in [-0.2, 0) is 4.79 Å². The summed E-state index contributed by atoms with van der Waals surface area (Å²) in [6, 6.07) is 2.72. The summed E-state index contributed by atoms with van der Waals surface area (Å²) < 4.78 is 26.4. The van der Waals surface area contributed by atoms with Gasteiger partial charge in [0.1, 0.15) is 11.6 Å². The smallest absolute Gasteiger partial charge is 0.254 e. The van der Waals surface area contributed by atoms with Crippen LogP contribution in [0.5, 0.6) is 0 Å². The molecule has 2 rings (SSSR count). The first-order chi connectivity index (χ1) is 11.4. The van der Waals surface area contributed by atoms with Crippen molar-refractivity contribution in [1.29, 1.82) is 0 Å². The van der Waals surface area contributed by atoms with Crippen molar-refractivity contribution in [3.63, 3.8) is 0 Å². The molecular formula is C17H23F2N3O2. The van der Waals surface area contributed by atoms with Crippen LogP contribution in [-0.4, -0.2) is 61.9 Å². The molecule has 1 N–H and O–H groups in total. The number of carbonyl (C=O) groups excluding carboxylic acids is 2. The molecule has 1 aromatic carbocycles. The molecule has 1 fully saturated rings. The van der Waals surface area contributed by atoms with E-state index in [0.717, 1.165) is 31.5 Å². The minimum Gasteiger partial charge on any atom is -0.343 e. The van der Waals surface area contributed by atoms with Gasteiger partial charge in [-0.2, -0.15) is 0 Å². The average Bonchev–Trinajstić information content (AvgIpc) is 2.52. The molecule has 7 heteroatoms. The van der Waals surface area contributed by atoms with E-state index in [4.69, 9.17) is 0 Å². The van der Waals surface area contributed by atoms with E-state index in [9.17, 15) is 18.4 Å². The zero-order valence-corrected chi connectivity index (χ0v) is 14.0. The number of nitrogens with one attached hydrogen (secondary N) is 1. The molecule has 1 aromatic rings. The molecule has 1 heterocycles. The van der Waals surface area contributed by atoms with Gasteiger partial charge in [0.25, 0.3) is 5.91 Å². The quantitative estimate of drug-likeness (QED) is 0.884. The molecule has 0 atom stereocenters. The minimum atomic E-state index is -0.940. The lowest BCUT2D eigenvalue weighted by molar-refractivity contribution is -0.131. The fourth-order valence-corrected chi connectivity index (χ4v) is 2.92. The van der Waals surface area contributed by atoms with E-state index >= 15 is 0 Å². The number of nitrogens with zero attached hydrogens (tertiary/aromatic N) is 2. The molecule has 5 nitrogen and oxygen atoms in total. The van der Waals surface area contributed by atoms with E-state index in [2.05, 4.69) is 10.2 Å². The molecule has 1 aliphatic rings. The Morgan fingerprint density at radius 2 is 1.92 bits per heavy atom. The third-order valence-electron chi connectivity index (χ3n) is 4.17. The van der Waals surface area contributed by atoms with Crippen LogP contribution in [0.4, 0.5) is 8.78 Å². The Bertz CT molecular complexity index is 599. The Morgan fingerprint density at radius 1 is 1.25 bits per heavy atom. The van der Waals surface area contributed by atoms with Crippen LogP contribution in [0.1, 0.15) is 23.2 Å². The number of halogens is 2. The van der Waals surface area contributed by atoms with Crippen LogP contribution in [0.25, 0.3) is 0 Å². The van der Waals surface area contributed by atoms with E-state index in [-0.39, 0.29) is 18.0 Å². The Labute approximate surface area is 140 Å². The third kappa shape index (κ3) is 4.99. The molecule has 132 valence electrons. The molecule has 1 saturated heterocycles. The number of hydrogen-bond acceptors (Lipinski definition) is 3. The third-order valence-corrected chi connectivity index (χ3v) is 4.17. The predicted molar refractivity (Wildman–Crippen MR) is 86.5 cm³/mol. The van der Waals surface area contributed by atoms with Crippen molar-refractivity contribution in [3.8, 4) is 0 Å². The molecule has 0 saturated carbocycles. The first-order valence-corrected chi connectivity index (χ1v) is 8.02. The topological polar surface area (TPSA) is 52.6 Å². The summed E-state index contributed by atoms with van der Waals surface area (Å²) in [4.78, 5) is 27.9. The minimum absolute atomic E-state index is 0.186. The normalized spacial score (nSPS) is 15.6. The number of carbonyl (C=O) groups is 2. The monoisotopic (exact) mass is 339 g/mol. The maximum atomic E-state index is 13.5. The molecule has 24 heavy (non-hydrogen) atoms. The van der Waals surface area contributed by atoms with Gasteiger partial charge in [0, 0.05) is 25.7 Å². The van der Waals surface area contributed by atoms with Gasteiger partial charge < -0.3 is 15.1 Å². The lowest BCUT2D eigenvalue weighted by Crippen LogP contribution is -2.45. The highest BCUT2D eigenvalue weighted by molar-refractivity contribution is 5.96. The van der Waals surface area contributed by atoms with E-state index in [1.807, 2.05) is 14.1 Å². The number of likely N-dealkylation sites (tertiary alicyclic amines) is 1. The van der Waals surface area contributed by atoms with E-state index in [0.29, 0.717) is 25.1 Å². The molecule has 0 aromatic heterocycles. The average molecular weight is 339 g/mol.